The number of hydrogen-bond acceptors (Lipinski definition) is 6. The van der Waals surface area contributed by atoms with Crippen molar-refractivity contribution >= 4 is 51.4 Å². The number of ether oxygens (including phenoxy) is 3. The van der Waals surface area contributed by atoms with Crippen LogP contribution < -0.4 is 24.8 Å². The highest BCUT2D eigenvalue weighted by Crippen LogP contribution is 2.38. The van der Waals surface area contributed by atoms with Gasteiger partial charge in [0.2, 0.25) is 5.91 Å². The Morgan fingerprint density at radius 1 is 0.944 bits per heavy atom. The molecule has 0 aliphatic rings. The first kappa shape index (κ1) is 25.2. The van der Waals surface area contributed by atoms with E-state index in [0.717, 1.165) is 10.9 Å². The van der Waals surface area contributed by atoms with E-state index in [1.807, 2.05) is 37.3 Å². The maximum absolute atomic E-state index is 12.6. The van der Waals surface area contributed by atoms with Crippen LogP contribution in [-0.2, 0) is 4.79 Å². The number of methoxy groups -OCH3 is 2. The quantitative estimate of drug-likeness (QED) is 0.275. The molecule has 0 saturated heterocycles. The average molecular weight is 522 g/mol. The van der Waals surface area contributed by atoms with Crippen LogP contribution >= 0.6 is 23.8 Å². The Hall–Kier alpha value is -3.88. The third kappa shape index (κ3) is 5.67. The molecular formula is C27H24ClN3O4S. The second-order valence-corrected chi connectivity index (χ2v) is 8.67. The SMILES string of the molecule is COc1cc2nccc(Oc3ccc(NC(=S)NC(=O)C(C)c4ccccc4)cc3Cl)c2cc1OC. The number of pyridine rings is 1. The highest BCUT2D eigenvalue weighted by atomic mass is 35.5. The number of anilines is 1. The molecule has 0 fully saturated rings. The van der Waals surface area contributed by atoms with Gasteiger partial charge in [0.1, 0.15) is 11.5 Å². The van der Waals surface area contributed by atoms with Gasteiger partial charge in [0, 0.05) is 23.3 Å². The Kier molecular flexibility index (Phi) is 7.87. The molecule has 3 aromatic carbocycles. The van der Waals surface area contributed by atoms with Gasteiger partial charge in [-0.25, -0.2) is 0 Å². The molecule has 1 unspecified atom stereocenters. The van der Waals surface area contributed by atoms with E-state index >= 15 is 0 Å². The number of nitrogens with one attached hydrogen (secondary N) is 2. The Morgan fingerprint density at radius 2 is 1.67 bits per heavy atom. The minimum atomic E-state index is -0.348. The zero-order chi connectivity index (χ0) is 25.7. The molecule has 1 heterocycles. The number of aromatic nitrogens is 1. The van der Waals surface area contributed by atoms with Crippen LogP contribution in [0.15, 0.2) is 72.9 Å². The maximum atomic E-state index is 12.6. The lowest BCUT2D eigenvalue weighted by Gasteiger charge is -2.15. The van der Waals surface area contributed by atoms with Crippen molar-refractivity contribution in [3.05, 3.63) is 83.5 Å². The van der Waals surface area contributed by atoms with Crippen LogP contribution in [0.4, 0.5) is 5.69 Å². The van der Waals surface area contributed by atoms with Crippen molar-refractivity contribution in [2.45, 2.75) is 12.8 Å². The molecule has 0 saturated carbocycles. The summed E-state index contributed by atoms with van der Waals surface area (Å²) in [5, 5.41) is 6.98. The molecule has 7 nitrogen and oxygen atoms in total. The number of benzene rings is 3. The second-order valence-electron chi connectivity index (χ2n) is 7.86. The standard InChI is InChI=1S/C27H24ClN3O4S/c1-16(17-7-5-4-6-8-17)26(32)31-27(36)30-18-9-10-23(20(28)13-18)35-22-11-12-29-21-15-25(34-3)24(33-2)14-19(21)22/h4-16H,1-3H3,(H2,30,31,32,36). The van der Waals surface area contributed by atoms with Crippen molar-refractivity contribution in [3.63, 3.8) is 0 Å². The fourth-order valence-electron chi connectivity index (χ4n) is 3.59. The number of carbonyl (C=O) groups is 1. The molecule has 9 heteroatoms. The van der Waals surface area contributed by atoms with Gasteiger partial charge in [0.25, 0.3) is 0 Å². The molecule has 2 N–H and O–H groups in total. The first-order valence-electron chi connectivity index (χ1n) is 11.0. The summed E-state index contributed by atoms with van der Waals surface area (Å²) in [6.07, 6.45) is 1.64. The zero-order valence-electron chi connectivity index (χ0n) is 19.9. The van der Waals surface area contributed by atoms with Crippen LogP contribution in [0.25, 0.3) is 10.9 Å². The van der Waals surface area contributed by atoms with E-state index in [0.29, 0.717) is 39.2 Å². The van der Waals surface area contributed by atoms with Gasteiger partial charge in [-0.2, -0.15) is 0 Å². The molecule has 0 aliphatic heterocycles. The van der Waals surface area contributed by atoms with Gasteiger partial charge in [-0.15, -0.1) is 0 Å². The van der Waals surface area contributed by atoms with E-state index in [1.54, 1.807) is 56.8 Å². The van der Waals surface area contributed by atoms with Crippen LogP contribution in [0.1, 0.15) is 18.4 Å². The van der Waals surface area contributed by atoms with Crippen LogP contribution in [0, 0.1) is 0 Å². The predicted octanol–water partition coefficient (Wildman–Crippen LogP) is 6.31. The maximum Gasteiger partial charge on any atom is 0.233 e. The van der Waals surface area contributed by atoms with Crippen molar-refractivity contribution in [2.75, 3.05) is 19.5 Å². The Balaban J connectivity index is 1.46. The van der Waals surface area contributed by atoms with Crippen molar-refractivity contribution < 1.29 is 19.0 Å². The van der Waals surface area contributed by atoms with E-state index in [9.17, 15) is 4.79 Å². The third-order valence-electron chi connectivity index (χ3n) is 5.55. The Labute approximate surface area is 219 Å². The average Bonchev–Trinajstić information content (AvgIpc) is 2.89. The van der Waals surface area contributed by atoms with Crippen molar-refractivity contribution in [3.8, 4) is 23.0 Å². The summed E-state index contributed by atoms with van der Waals surface area (Å²) < 4.78 is 16.9. The molecule has 0 spiro atoms. The van der Waals surface area contributed by atoms with E-state index in [1.165, 1.54) is 0 Å². The minimum absolute atomic E-state index is 0.175. The largest absolute Gasteiger partial charge is 0.493 e. The lowest BCUT2D eigenvalue weighted by atomic mass is 10.0. The Bertz CT molecular complexity index is 1420. The van der Waals surface area contributed by atoms with Gasteiger partial charge >= 0.3 is 0 Å². The van der Waals surface area contributed by atoms with E-state index in [4.69, 9.17) is 38.0 Å². The summed E-state index contributed by atoms with van der Waals surface area (Å²) in [5.41, 5.74) is 2.20. The molecule has 4 rings (SSSR count). The fourth-order valence-corrected chi connectivity index (χ4v) is 4.03. The molecule has 1 atom stereocenters. The number of rotatable bonds is 7. The first-order valence-corrected chi connectivity index (χ1v) is 11.8. The van der Waals surface area contributed by atoms with Gasteiger partial charge in [-0.3, -0.25) is 9.78 Å². The molecular weight excluding hydrogens is 498 g/mol. The summed E-state index contributed by atoms with van der Waals surface area (Å²) in [7, 11) is 3.14. The minimum Gasteiger partial charge on any atom is -0.493 e. The summed E-state index contributed by atoms with van der Waals surface area (Å²) in [6, 6.07) is 20.0. The van der Waals surface area contributed by atoms with Crippen LogP contribution in [0.2, 0.25) is 5.02 Å². The summed E-state index contributed by atoms with van der Waals surface area (Å²) >= 11 is 11.8. The number of thiocarbonyl (C=S) groups is 1. The monoisotopic (exact) mass is 521 g/mol. The normalized spacial score (nSPS) is 11.4. The Morgan fingerprint density at radius 3 is 2.36 bits per heavy atom. The highest BCUT2D eigenvalue weighted by molar-refractivity contribution is 7.80. The number of hydrogen-bond donors (Lipinski definition) is 2. The van der Waals surface area contributed by atoms with Crippen LogP contribution in [0.3, 0.4) is 0 Å². The molecule has 1 amide bonds. The highest BCUT2D eigenvalue weighted by Gasteiger charge is 2.17. The predicted molar refractivity (Wildman–Crippen MR) is 146 cm³/mol. The number of fused-ring (bicyclic) bond motifs is 1. The number of nitrogens with zero attached hydrogens (tertiary/aromatic N) is 1. The number of amides is 1. The van der Waals surface area contributed by atoms with Gasteiger partial charge in [0.05, 0.1) is 30.7 Å². The molecule has 0 aliphatic carbocycles. The van der Waals surface area contributed by atoms with Gasteiger partial charge in [0.15, 0.2) is 16.6 Å². The topological polar surface area (TPSA) is 81.7 Å². The summed E-state index contributed by atoms with van der Waals surface area (Å²) in [4.78, 5) is 16.9. The van der Waals surface area contributed by atoms with Gasteiger partial charge < -0.3 is 24.8 Å². The molecule has 0 radical (unpaired) electrons. The van der Waals surface area contributed by atoms with E-state index in [-0.39, 0.29) is 16.9 Å². The number of carbonyl (C=O) groups excluding carboxylic acids is 1. The third-order valence-corrected chi connectivity index (χ3v) is 6.05. The van der Waals surface area contributed by atoms with Crippen LogP contribution in [0.5, 0.6) is 23.0 Å². The van der Waals surface area contributed by atoms with E-state index in [2.05, 4.69) is 15.6 Å². The molecule has 36 heavy (non-hydrogen) atoms. The van der Waals surface area contributed by atoms with E-state index < -0.39 is 0 Å². The lowest BCUT2D eigenvalue weighted by molar-refractivity contribution is -0.120. The summed E-state index contributed by atoms with van der Waals surface area (Å²) in [5.74, 6) is 1.58. The molecule has 4 aromatic rings. The van der Waals surface area contributed by atoms with Crippen molar-refractivity contribution in [1.82, 2.24) is 10.3 Å². The first-order chi connectivity index (χ1) is 17.4. The molecule has 184 valence electrons. The van der Waals surface area contributed by atoms with Crippen LogP contribution in [-0.4, -0.2) is 30.2 Å². The van der Waals surface area contributed by atoms with Crippen molar-refractivity contribution in [2.24, 2.45) is 0 Å². The fraction of sp³-hybridized carbons (Fsp3) is 0.148. The lowest BCUT2D eigenvalue weighted by Crippen LogP contribution is -2.36. The smallest absolute Gasteiger partial charge is 0.233 e. The van der Waals surface area contributed by atoms with Gasteiger partial charge in [-0.05, 0) is 55.0 Å². The zero-order valence-corrected chi connectivity index (χ0v) is 21.4. The van der Waals surface area contributed by atoms with Gasteiger partial charge in [-0.1, -0.05) is 41.9 Å². The molecule has 1 aromatic heterocycles. The summed E-state index contributed by atoms with van der Waals surface area (Å²) in [6.45, 7) is 1.82. The second kappa shape index (κ2) is 11.2. The number of halogens is 1. The molecule has 0 bridgehead atoms. The van der Waals surface area contributed by atoms with Crippen molar-refractivity contribution in [1.29, 1.82) is 0 Å².